The molecular weight excluding hydrogens is 423 g/mol. The van der Waals surface area contributed by atoms with Crippen molar-refractivity contribution in [3.05, 3.63) is 86.0 Å². The summed E-state index contributed by atoms with van der Waals surface area (Å²) in [5, 5.41) is 9.67. The molecule has 0 bridgehead atoms. The van der Waals surface area contributed by atoms with E-state index in [4.69, 9.17) is 0 Å². The summed E-state index contributed by atoms with van der Waals surface area (Å²) in [6.45, 7) is -0.333. The quantitative estimate of drug-likeness (QED) is 0.382. The highest BCUT2D eigenvalue weighted by Gasteiger charge is 2.14. The van der Waals surface area contributed by atoms with Crippen molar-refractivity contribution in [2.75, 3.05) is 11.9 Å². The Morgan fingerprint density at radius 3 is 2.45 bits per heavy atom. The summed E-state index contributed by atoms with van der Waals surface area (Å²) in [5.41, 5.74) is -0.103. The van der Waals surface area contributed by atoms with E-state index in [9.17, 15) is 23.6 Å². The standard InChI is InChI=1S/C21H15FN4O4S/c22-12-6-4-11(5-7-12)15-8-9-16(31-15)20(29)23-10-17(27)24-14-3-1-2-13-18(14)21(30)26-25-19(13)28/h1-9H,10H2,(H,23,29)(H,24,27)(H,25,28)(H,26,30). The van der Waals surface area contributed by atoms with E-state index in [1.54, 1.807) is 24.3 Å². The number of rotatable bonds is 5. The Kier molecular flexibility index (Phi) is 5.46. The number of aromatic nitrogens is 2. The summed E-state index contributed by atoms with van der Waals surface area (Å²) in [5.74, 6) is -1.35. The highest BCUT2D eigenvalue weighted by Crippen LogP contribution is 2.28. The van der Waals surface area contributed by atoms with Crippen molar-refractivity contribution in [3.63, 3.8) is 0 Å². The summed E-state index contributed by atoms with van der Waals surface area (Å²) >= 11 is 1.21. The molecule has 0 unspecified atom stereocenters. The van der Waals surface area contributed by atoms with Crippen molar-refractivity contribution < 1.29 is 14.0 Å². The predicted molar refractivity (Wildman–Crippen MR) is 116 cm³/mol. The number of thiophene rings is 1. The van der Waals surface area contributed by atoms with Crippen molar-refractivity contribution in [2.45, 2.75) is 0 Å². The Labute approximate surface area is 177 Å². The van der Waals surface area contributed by atoms with Crippen LogP contribution in [0.4, 0.5) is 10.1 Å². The lowest BCUT2D eigenvalue weighted by Gasteiger charge is -2.08. The molecule has 0 saturated heterocycles. The third-order valence-electron chi connectivity index (χ3n) is 4.47. The topological polar surface area (TPSA) is 124 Å². The van der Waals surface area contributed by atoms with E-state index in [1.165, 1.54) is 41.7 Å². The van der Waals surface area contributed by atoms with Crippen LogP contribution in [0, 0.1) is 5.82 Å². The number of benzene rings is 2. The molecule has 0 saturated carbocycles. The lowest BCUT2D eigenvalue weighted by molar-refractivity contribution is -0.115. The molecule has 10 heteroatoms. The molecule has 0 fully saturated rings. The van der Waals surface area contributed by atoms with E-state index in [0.717, 1.165) is 10.4 Å². The van der Waals surface area contributed by atoms with Crippen LogP contribution in [0.5, 0.6) is 0 Å². The molecule has 4 N–H and O–H groups in total. The number of H-pyrrole nitrogens is 2. The lowest BCUT2D eigenvalue weighted by Crippen LogP contribution is -2.32. The van der Waals surface area contributed by atoms with Gasteiger partial charge in [-0.05, 0) is 42.0 Å². The van der Waals surface area contributed by atoms with Crippen LogP contribution in [0.3, 0.4) is 0 Å². The largest absolute Gasteiger partial charge is 0.342 e. The van der Waals surface area contributed by atoms with Gasteiger partial charge in [0.2, 0.25) is 5.91 Å². The molecule has 0 aliphatic rings. The van der Waals surface area contributed by atoms with Crippen LogP contribution in [-0.4, -0.2) is 28.6 Å². The van der Waals surface area contributed by atoms with Crippen LogP contribution >= 0.6 is 11.3 Å². The Morgan fingerprint density at radius 1 is 0.935 bits per heavy atom. The van der Waals surface area contributed by atoms with E-state index in [0.29, 0.717) is 4.88 Å². The van der Waals surface area contributed by atoms with Crippen LogP contribution in [0.2, 0.25) is 0 Å². The Hall–Kier alpha value is -4.05. The number of nitrogens with one attached hydrogen (secondary N) is 4. The fourth-order valence-corrected chi connectivity index (χ4v) is 3.93. The Balaban J connectivity index is 1.43. The van der Waals surface area contributed by atoms with Crippen molar-refractivity contribution in [2.24, 2.45) is 0 Å². The van der Waals surface area contributed by atoms with Crippen LogP contribution in [0.1, 0.15) is 9.67 Å². The van der Waals surface area contributed by atoms with E-state index in [-0.39, 0.29) is 28.8 Å². The maximum absolute atomic E-state index is 13.1. The van der Waals surface area contributed by atoms with Gasteiger partial charge in [0, 0.05) is 4.88 Å². The second-order valence-corrected chi connectivity index (χ2v) is 7.62. The average molecular weight is 438 g/mol. The van der Waals surface area contributed by atoms with Crippen molar-refractivity contribution in [1.29, 1.82) is 0 Å². The number of carbonyl (C=O) groups is 2. The first-order chi connectivity index (χ1) is 14.9. The second kappa shape index (κ2) is 8.36. The molecule has 0 spiro atoms. The molecule has 0 aliphatic heterocycles. The highest BCUT2D eigenvalue weighted by molar-refractivity contribution is 7.17. The Bertz CT molecular complexity index is 1410. The van der Waals surface area contributed by atoms with Gasteiger partial charge in [-0.3, -0.25) is 29.4 Å². The first-order valence-electron chi connectivity index (χ1n) is 9.10. The number of carbonyl (C=O) groups excluding carboxylic acids is 2. The van der Waals surface area contributed by atoms with Crippen LogP contribution in [0.25, 0.3) is 21.2 Å². The lowest BCUT2D eigenvalue weighted by atomic mass is 10.1. The van der Waals surface area contributed by atoms with Crippen LogP contribution < -0.4 is 21.8 Å². The summed E-state index contributed by atoms with van der Waals surface area (Å²) in [6, 6.07) is 13.8. The monoisotopic (exact) mass is 438 g/mol. The molecule has 2 heterocycles. The molecule has 4 aromatic rings. The smallest absolute Gasteiger partial charge is 0.272 e. The molecule has 156 valence electrons. The van der Waals surface area contributed by atoms with Crippen molar-refractivity contribution in [1.82, 2.24) is 15.5 Å². The molecule has 31 heavy (non-hydrogen) atoms. The third-order valence-corrected chi connectivity index (χ3v) is 5.60. The zero-order valence-corrected chi connectivity index (χ0v) is 16.6. The first-order valence-corrected chi connectivity index (χ1v) is 9.91. The molecule has 2 aromatic carbocycles. The number of hydrogen-bond acceptors (Lipinski definition) is 5. The number of halogens is 1. The SMILES string of the molecule is O=C(CNC(=O)c1ccc(-c2ccc(F)cc2)s1)Nc1cccc2c(=O)[nH][nH]c(=O)c12. The number of amides is 2. The predicted octanol–water partition coefficient (Wildman–Crippen LogP) is 2.45. The maximum Gasteiger partial charge on any atom is 0.272 e. The molecule has 0 aliphatic carbocycles. The fraction of sp³-hybridized carbons (Fsp3) is 0.0476. The maximum atomic E-state index is 13.1. The number of fused-ring (bicyclic) bond motifs is 1. The van der Waals surface area contributed by atoms with E-state index >= 15 is 0 Å². The van der Waals surface area contributed by atoms with Gasteiger partial charge < -0.3 is 10.6 Å². The van der Waals surface area contributed by atoms with E-state index in [2.05, 4.69) is 20.8 Å². The summed E-state index contributed by atoms with van der Waals surface area (Å²) in [4.78, 5) is 49.7. The van der Waals surface area contributed by atoms with Crippen molar-refractivity contribution >= 4 is 39.6 Å². The summed E-state index contributed by atoms with van der Waals surface area (Å²) in [7, 11) is 0. The van der Waals surface area contributed by atoms with Gasteiger partial charge in [0.25, 0.3) is 17.0 Å². The van der Waals surface area contributed by atoms with Gasteiger partial charge in [0.15, 0.2) is 0 Å². The van der Waals surface area contributed by atoms with E-state index < -0.39 is 22.9 Å². The van der Waals surface area contributed by atoms with Crippen molar-refractivity contribution in [3.8, 4) is 10.4 Å². The van der Waals surface area contributed by atoms with Gasteiger partial charge in [-0.25, -0.2) is 4.39 Å². The minimum absolute atomic E-state index is 0.0492. The molecule has 4 rings (SSSR count). The Morgan fingerprint density at radius 2 is 1.68 bits per heavy atom. The van der Waals surface area contributed by atoms with Gasteiger partial charge in [-0.1, -0.05) is 18.2 Å². The second-order valence-electron chi connectivity index (χ2n) is 6.54. The van der Waals surface area contributed by atoms with Crippen LogP contribution in [-0.2, 0) is 4.79 Å². The summed E-state index contributed by atoms with van der Waals surface area (Å²) in [6.07, 6.45) is 0. The molecule has 0 radical (unpaired) electrons. The zero-order chi connectivity index (χ0) is 22.0. The van der Waals surface area contributed by atoms with Gasteiger partial charge in [-0.2, -0.15) is 0 Å². The van der Waals surface area contributed by atoms with Gasteiger partial charge in [-0.15, -0.1) is 11.3 Å². The van der Waals surface area contributed by atoms with Gasteiger partial charge in [0.05, 0.1) is 27.9 Å². The normalized spacial score (nSPS) is 10.7. The van der Waals surface area contributed by atoms with E-state index in [1.807, 2.05) is 0 Å². The number of hydrogen-bond donors (Lipinski definition) is 4. The zero-order valence-electron chi connectivity index (χ0n) is 15.8. The third kappa shape index (κ3) is 4.28. The number of anilines is 1. The minimum Gasteiger partial charge on any atom is -0.342 e. The fourth-order valence-electron chi connectivity index (χ4n) is 3.00. The van der Waals surface area contributed by atoms with Crippen LogP contribution in [0.15, 0.2) is 64.2 Å². The first kappa shape index (κ1) is 20.2. The molecule has 0 atom stereocenters. The molecule has 2 amide bonds. The molecular formula is C21H15FN4O4S. The molecule has 2 aromatic heterocycles. The van der Waals surface area contributed by atoms with Gasteiger partial charge >= 0.3 is 0 Å². The summed E-state index contributed by atoms with van der Waals surface area (Å²) < 4.78 is 13.1. The molecule has 8 nitrogen and oxygen atoms in total. The van der Waals surface area contributed by atoms with Gasteiger partial charge in [0.1, 0.15) is 5.82 Å². The highest BCUT2D eigenvalue weighted by atomic mass is 32.1. The number of aromatic amines is 2. The average Bonchev–Trinajstić information content (AvgIpc) is 3.26. The minimum atomic E-state index is -0.559.